The summed E-state index contributed by atoms with van der Waals surface area (Å²) >= 11 is 0. The Morgan fingerprint density at radius 2 is 1.87 bits per heavy atom. The molecule has 0 saturated heterocycles. The van der Waals surface area contributed by atoms with Crippen LogP contribution in [0.15, 0.2) is 0 Å². The zero-order chi connectivity index (χ0) is 11.7. The van der Waals surface area contributed by atoms with Crippen molar-refractivity contribution >= 4 is 5.91 Å². The van der Waals surface area contributed by atoms with Crippen molar-refractivity contribution in [2.45, 2.75) is 65.5 Å². The van der Waals surface area contributed by atoms with E-state index < -0.39 is 0 Å². The molecule has 15 heavy (non-hydrogen) atoms. The number of unbranched alkanes of at least 4 members (excludes halogenated alkanes) is 2. The minimum atomic E-state index is 0.104. The molecule has 1 unspecified atom stereocenters. The summed E-state index contributed by atoms with van der Waals surface area (Å²) in [5, 5.41) is 6.10. The lowest BCUT2D eigenvalue weighted by Crippen LogP contribution is -2.40. The van der Waals surface area contributed by atoms with E-state index in [4.69, 9.17) is 0 Å². The molecule has 0 rings (SSSR count). The Morgan fingerprint density at radius 3 is 2.40 bits per heavy atom. The third kappa shape index (κ3) is 9.73. The third-order valence-electron chi connectivity index (χ3n) is 2.32. The standard InChI is InChI=1S/C12H26N2O/c1-5-6-7-8-11(4)14-12(15)9-13-10(2)3/h10-11,13H,5-9H2,1-4H3,(H,14,15). The molecule has 0 aliphatic heterocycles. The molecule has 0 fully saturated rings. The molecule has 0 heterocycles. The lowest BCUT2D eigenvalue weighted by atomic mass is 10.1. The van der Waals surface area contributed by atoms with Crippen LogP contribution in [-0.4, -0.2) is 24.5 Å². The van der Waals surface area contributed by atoms with Crippen LogP contribution in [0.5, 0.6) is 0 Å². The average molecular weight is 214 g/mol. The van der Waals surface area contributed by atoms with Gasteiger partial charge in [0.2, 0.25) is 5.91 Å². The average Bonchev–Trinajstić information content (AvgIpc) is 2.15. The van der Waals surface area contributed by atoms with Crippen molar-refractivity contribution in [3.8, 4) is 0 Å². The van der Waals surface area contributed by atoms with Gasteiger partial charge < -0.3 is 10.6 Å². The van der Waals surface area contributed by atoms with Crippen LogP contribution in [0.4, 0.5) is 0 Å². The third-order valence-corrected chi connectivity index (χ3v) is 2.32. The number of hydrogen-bond donors (Lipinski definition) is 2. The fourth-order valence-electron chi connectivity index (χ4n) is 1.40. The highest BCUT2D eigenvalue weighted by atomic mass is 16.1. The van der Waals surface area contributed by atoms with Crippen molar-refractivity contribution in [2.24, 2.45) is 0 Å². The maximum atomic E-state index is 11.4. The summed E-state index contributed by atoms with van der Waals surface area (Å²) < 4.78 is 0. The van der Waals surface area contributed by atoms with Crippen LogP contribution >= 0.6 is 0 Å². The summed E-state index contributed by atoms with van der Waals surface area (Å²) in [6.07, 6.45) is 4.77. The maximum absolute atomic E-state index is 11.4. The molecule has 0 aromatic heterocycles. The second-order valence-electron chi connectivity index (χ2n) is 4.50. The molecule has 0 bridgehead atoms. The van der Waals surface area contributed by atoms with Gasteiger partial charge in [-0.15, -0.1) is 0 Å². The summed E-state index contributed by atoms with van der Waals surface area (Å²) in [6, 6.07) is 0.671. The van der Waals surface area contributed by atoms with Gasteiger partial charge in [-0.05, 0) is 13.3 Å². The van der Waals surface area contributed by atoms with Gasteiger partial charge in [-0.3, -0.25) is 4.79 Å². The molecule has 1 atom stereocenters. The van der Waals surface area contributed by atoms with Gasteiger partial charge in [0.05, 0.1) is 6.54 Å². The molecule has 0 aromatic rings. The van der Waals surface area contributed by atoms with E-state index in [0.717, 1.165) is 6.42 Å². The van der Waals surface area contributed by atoms with Crippen LogP contribution in [0.2, 0.25) is 0 Å². The van der Waals surface area contributed by atoms with Crippen LogP contribution in [0, 0.1) is 0 Å². The summed E-state index contributed by atoms with van der Waals surface area (Å²) in [4.78, 5) is 11.4. The summed E-state index contributed by atoms with van der Waals surface area (Å²) in [6.45, 7) is 8.77. The van der Waals surface area contributed by atoms with Crippen molar-refractivity contribution in [2.75, 3.05) is 6.54 Å². The fourth-order valence-corrected chi connectivity index (χ4v) is 1.40. The number of hydrogen-bond acceptors (Lipinski definition) is 2. The number of rotatable bonds is 8. The molecule has 0 aliphatic carbocycles. The summed E-state index contributed by atoms with van der Waals surface area (Å²) in [5.74, 6) is 0.104. The number of carbonyl (C=O) groups excluding carboxylic acids is 1. The smallest absolute Gasteiger partial charge is 0.234 e. The molecule has 0 aromatic carbocycles. The first kappa shape index (κ1) is 14.4. The van der Waals surface area contributed by atoms with Crippen molar-refractivity contribution in [3.05, 3.63) is 0 Å². The molecule has 0 radical (unpaired) electrons. The molecule has 0 saturated carbocycles. The maximum Gasteiger partial charge on any atom is 0.234 e. The van der Waals surface area contributed by atoms with E-state index in [9.17, 15) is 4.79 Å². The lowest BCUT2D eigenvalue weighted by Gasteiger charge is -2.14. The zero-order valence-corrected chi connectivity index (χ0v) is 10.6. The Labute approximate surface area is 94.0 Å². The van der Waals surface area contributed by atoms with Gasteiger partial charge in [-0.2, -0.15) is 0 Å². The Bertz CT molecular complexity index is 169. The Kier molecular flexibility index (Phi) is 8.38. The van der Waals surface area contributed by atoms with E-state index in [-0.39, 0.29) is 5.91 Å². The SMILES string of the molecule is CCCCCC(C)NC(=O)CNC(C)C. The number of amides is 1. The second-order valence-corrected chi connectivity index (χ2v) is 4.50. The largest absolute Gasteiger partial charge is 0.353 e. The van der Waals surface area contributed by atoms with Crippen molar-refractivity contribution in [3.63, 3.8) is 0 Å². The topological polar surface area (TPSA) is 41.1 Å². The van der Waals surface area contributed by atoms with Gasteiger partial charge in [0.1, 0.15) is 0 Å². The fraction of sp³-hybridized carbons (Fsp3) is 0.917. The minimum absolute atomic E-state index is 0.104. The molecule has 3 heteroatoms. The van der Waals surface area contributed by atoms with Gasteiger partial charge in [-0.25, -0.2) is 0 Å². The molecule has 0 spiro atoms. The molecule has 0 aliphatic rings. The van der Waals surface area contributed by atoms with E-state index in [1.807, 2.05) is 13.8 Å². The molecule has 3 nitrogen and oxygen atoms in total. The first-order valence-corrected chi connectivity index (χ1v) is 6.09. The van der Waals surface area contributed by atoms with Gasteiger partial charge in [-0.1, -0.05) is 40.0 Å². The monoisotopic (exact) mass is 214 g/mol. The predicted octanol–water partition coefficient (Wildman–Crippen LogP) is 2.07. The number of nitrogens with one attached hydrogen (secondary N) is 2. The van der Waals surface area contributed by atoms with Crippen LogP contribution in [0.25, 0.3) is 0 Å². The lowest BCUT2D eigenvalue weighted by molar-refractivity contribution is -0.121. The van der Waals surface area contributed by atoms with Crippen molar-refractivity contribution < 1.29 is 4.79 Å². The second kappa shape index (κ2) is 8.72. The summed E-state index contributed by atoms with van der Waals surface area (Å²) in [7, 11) is 0. The van der Waals surface area contributed by atoms with Crippen LogP contribution in [-0.2, 0) is 4.79 Å². The van der Waals surface area contributed by atoms with Gasteiger partial charge in [0.25, 0.3) is 0 Å². The Hall–Kier alpha value is -0.570. The molecule has 90 valence electrons. The first-order chi connectivity index (χ1) is 7.06. The molecule has 2 N–H and O–H groups in total. The van der Waals surface area contributed by atoms with Crippen LogP contribution < -0.4 is 10.6 Å². The predicted molar refractivity (Wildman–Crippen MR) is 64.9 cm³/mol. The summed E-state index contributed by atoms with van der Waals surface area (Å²) in [5.41, 5.74) is 0. The Morgan fingerprint density at radius 1 is 1.20 bits per heavy atom. The van der Waals surface area contributed by atoms with Gasteiger partial charge >= 0.3 is 0 Å². The highest BCUT2D eigenvalue weighted by Gasteiger charge is 2.06. The van der Waals surface area contributed by atoms with E-state index in [1.165, 1.54) is 19.3 Å². The van der Waals surface area contributed by atoms with E-state index in [1.54, 1.807) is 0 Å². The van der Waals surface area contributed by atoms with Crippen molar-refractivity contribution in [1.82, 2.24) is 10.6 Å². The van der Waals surface area contributed by atoms with E-state index in [2.05, 4.69) is 24.5 Å². The first-order valence-electron chi connectivity index (χ1n) is 6.09. The van der Waals surface area contributed by atoms with Crippen molar-refractivity contribution in [1.29, 1.82) is 0 Å². The number of carbonyl (C=O) groups is 1. The highest BCUT2D eigenvalue weighted by molar-refractivity contribution is 5.78. The Balaban J connectivity index is 3.49. The van der Waals surface area contributed by atoms with Crippen LogP contribution in [0.1, 0.15) is 53.4 Å². The highest BCUT2D eigenvalue weighted by Crippen LogP contribution is 2.02. The van der Waals surface area contributed by atoms with E-state index >= 15 is 0 Å². The minimum Gasteiger partial charge on any atom is -0.353 e. The van der Waals surface area contributed by atoms with Gasteiger partial charge in [0.15, 0.2) is 0 Å². The molecule has 1 amide bonds. The zero-order valence-electron chi connectivity index (χ0n) is 10.6. The molecular weight excluding hydrogens is 188 g/mol. The normalized spacial score (nSPS) is 12.9. The van der Waals surface area contributed by atoms with E-state index in [0.29, 0.717) is 18.6 Å². The van der Waals surface area contributed by atoms with Gasteiger partial charge in [0, 0.05) is 12.1 Å². The molecular formula is C12H26N2O. The quantitative estimate of drug-likeness (QED) is 0.607. The van der Waals surface area contributed by atoms with Crippen LogP contribution in [0.3, 0.4) is 0 Å².